The lowest BCUT2D eigenvalue weighted by Crippen LogP contribution is -2.10. The lowest BCUT2D eigenvalue weighted by atomic mass is 10.2. The van der Waals surface area contributed by atoms with Gasteiger partial charge in [-0.25, -0.2) is 14.2 Å². The molecule has 2 aromatic rings. The van der Waals surface area contributed by atoms with Gasteiger partial charge in [-0.15, -0.1) is 0 Å². The second kappa shape index (κ2) is 7.35. The molecule has 0 aromatic heterocycles. The number of hydrogen-bond donors (Lipinski definition) is 2. The third kappa shape index (κ3) is 4.05. The molecule has 0 radical (unpaired) electrons. The largest absolute Gasteiger partial charge is 0.609 e. The lowest BCUT2D eigenvalue weighted by Gasteiger charge is -2.14. The summed E-state index contributed by atoms with van der Waals surface area (Å²) in [4.78, 5) is 23.8. The number of para-hydroxylation sites is 2. The summed E-state index contributed by atoms with van der Waals surface area (Å²) >= 11 is 5.01. The number of benzene rings is 2. The molecular weight excluding hydrogens is 363 g/mol. The van der Waals surface area contributed by atoms with E-state index in [2.05, 4.69) is 13.1 Å². The molecule has 0 aliphatic heterocycles. The normalized spacial score (nSPS) is 10.9. The summed E-state index contributed by atoms with van der Waals surface area (Å²) < 4.78 is 25.1. The van der Waals surface area contributed by atoms with Crippen LogP contribution in [0.25, 0.3) is 0 Å². The second-order valence-electron chi connectivity index (χ2n) is 4.31. The van der Waals surface area contributed by atoms with Gasteiger partial charge in [0.05, 0.1) is 11.9 Å². The van der Waals surface area contributed by atoms with Crippen LogP contribution in [0.1, 0.15) is 20.7 Å². The molecule has 0 unspecified atom stereocenters. The molecule has 0 spiro atoms. The molecule has 0 aliphatic rings. The summed E-state index contributed by atoms with van der Waals surface area (Å²) in [5, 5.41) is 19.1. The average molecular weight is 373 g/mol. The topological polar surface area (TPSA) is 119 Å². The SMILES string of the molecule is O=C(OP(=O)(OCl)OC(=O)c1ccccc1O)c1ccccc1O. The molecule has 8 nitrogen and oxygen atoms in total. The predicted molar refractivity (Wildman–Crippen MR) is 81.6 cm³/mol. The van der Waals surface area contributed by atoms with Crippen LogP contribution in [0, 0.1) is 0 Å². The molecule has 10 heteroatoms. The number of carbonyl (C=O) groups is 2. The Bertz CT molecular complexity index is 758. The van der Waals surface area contributed by atoms with Crippen LogP contribution in [0.15, 0.2) is 48.5 Å². The first-order chi connectivity index (χ1) is 11.4. The maximum atomic E-state index is 12.2. The highest BCUT2D eigenvalue weighted by Gasteiger charge is 2.37. The molecule has 2 N–H and O–H groups in total. The number of hydrogen-bond acceptors (Lipinski definition) is 8. The van der Waals surface area contributed by atoms with Gasteiger partial charge in [0.1, 0.15) is 22.6 Å². The van der Waals surface area contributed by atoms with Gasteiger partial charge in [0.25, 0.3) is 0 Å². The molecule has 0 bridgehead atoms. The molecule has 0 fully saturated rings. The lowest BCUT2D eigenvalue weighted by molar-refractivity contribution is 0.0575. The fraction of sp³-hybridized carbons (Fsp3) is 0. The summed E-state index contributed by atoms with van der Waals surface area (Å²) in [5.74, 6) is -3.48. The highest BCUT2D eigenvalue weighted by Crippen LogP contribution is 2.52. The molecule has 0 aliphatic carbocycles. The molecule has 0 heterocycles. The number of phenolic OH excluding ortho intramolecular Hbond substituents is 2. The number of phenols is 2. The van der Waals surface area contributed by atoms with Gasteiger partial charge < -0.3 is 19.3 Å². The van der Waals surface area contributed by atoms with Crippen LogP contribution >= 0.6 is 19.7 Å². The van der Waals surface area contributed by atoms with E-state index in [4.69, 9.17) is 11.9 Å². The van der Waals surface area contributed by atoms with Crippen molar-refractivity contribution >= 4 is 31.6 Å². The van der Waals surface area contributed by atoms with Crippen molar-refractivity contribution in [1.29, 1.82) is 0 Å². The smallest absolute Gasteiger partial charge is 0.507 e. The van der Waals surface area contributed by atoms with E-state index in [-0.39, 0.29) is 11.1 Å². The van der Waals surface area contributed by atoms with Gasteiger partial charge in [0.15, 0.2) is 0 Å². The van der Waals surface area contributed by atoms with Gasteiger partial charge in [0, 0.05) is 0 Å². The van der Waals surface area contributed by atoms with Crippen molar-refractivity contribution in [3.05, 3.63) is 59.7 Å². The molecule has 2 rings (SSSR count). The van der Waals surface area contributed by atoms with E-state index in [0.29, 0.717) is 0 Å². The van der Waals surface area contributed by atoms with Gasteiger partial charge in [-0.2, -0.15) is 4.08 Å². The minimum atomic E-state index is -4.84. The van der Waals surface area contributed by atoms with Gasteiger partial charge in [-0.1, -0.05) is 24.3 Å². The summed E-state index contributed by atoms with van der Waals surface area (Å²) in [6.45, 7) is 0. The van der Waals surface area contributed by atoms with Crippen molar-refractivity contribution in [2.45, 2.75) is 0 Å². The van der Waals surface area contributed by atoms with Crippen LogP contribution in [-0.2, 0) is 17.7 Å². The Kier molecular flexibility index (Phi) is 5.46. The van der Waals surface area contributed by atoms with E-state index in [0.717, 1.165) is 0 Å². The fourth-order valence-corrected chi connectivity index (χ4v) is 2.51. The first-order valence-electron chi connectivity index (χ1n) is 6.30. The van der Waals surface area contributed by atoms with Crippen molar-refractivity contribution in [2.24, 2.45) is 0 Å². The van der Waals surface area contributed by atoms with Gasteiger partial charge in [-0.05, 0) is 24.3 Å². The maximum absolute atomic E-state index is 12.2. The standard InChI is InChI=1S/C14H10ClO8P/c15-23-24(20,21-13(18)9-5-1-3-7-11(9)16)22-14(19)10-6-2-4-8-12(10)17/h1-8,16-17H. The third-order valence-electron chi connectivity index (χ3n) is 2.72. The van der Waals surface area contributed by atoms with E-state index in [1.807, 2.05) is 0 Å². The predicted octanol–water partition coefficient (Wildman–Crippen LogP) is 3.39. The summed E-state index contributed by atoms with van der Waals surface area (Å²) in [5.41, 5.74) is -0.685. The van der Waals surface area contributed by atoms with Crippen LogP contribution in [0.5, 0.6) is 11.5 Å². The van der Waals surface area contributed by atoms with Crippen LogP contribution in [0.4, 0.5) is 0 Å². The first-order valence-corrected chi connectivity index (χ1v) is 8.07. The molecule has 2 aromatic carbocycles. The van der Waals surface area contributed by atoms with Crippen molar-refractivity contribution in [2.75, 3.05) is 0 Å². The zero-order chi connectivity index (χ0) is 17.7. The summed E-state index contributed by atoms with van der Waals surface area (Å²) in [6, 6.07) is 10.5. The highest BCUT2D eigenvalue weighted by molar-refractivity contribution is 7.50. The number of halogens is 1. The van der Waals surface area contributed by atoms with Crippen molar-refractivity contribution < 1.29 is 37.5 Å². The number of phosphoric acid groups is 1. The van der Waals surface area contributed by atoms with E-state index < -0.39 is 31.3 Å². The summed E-state index contributed by atoms with van der Waals surface area (Å²) in [7, 11) is -4.84. The Morgan fingerprint density at radius 1 is 0.833 bits per heavy atom. The Morgan fingerprint density at radius 3 is 1.54 bits per heavy atom. The number of rotatable bonds is 5. The van der Waals surface area contributed by atoms with Crippen molar-refractivity contribution in [1.82, 2.24) is 0 Å². The number of carbonyl (C=O) groups excluding carboxylic acids is 2. The van der Waals surface area contributed by atoms with Crippen LogP contribution < -0.4 is 0 Å². The molecular formula is C14H10ClO8P. The highest BCUT2D eigenvalue weighted by atomic mass is 35.5. The van der Waals surface area contributed by atoms with E-state index in [1.54, 1.807) is 0 Å². The Balaban J connectivity index is 2.18. The summed E-state index contributed by atoms with van der Waals surface area (Å²) in [6.07, 6.45) is 0. The van der Waals surface area contributed by atoms with Crippen molar-refractivity contribution in [3.8, 4) is 11.5 Å². The van der Waals surface area contributed by atoms with Gasteiger partial charge in [0.2, 0.25) is 0 Å². The number of phosphoric ester groups is 1. The maximum Gasteiger partial charge on any atom is 0.609 e. The van der Waals surface area contributed by atoms with E-state index in [1.165, 1.54) is 48.5 Å². The zero-order valence-corrected chi connectivity index (χ0v) is 13.4. The molecule has 0 saturated heterocycles. The Labute approximate surface area is 140 Å². The van der Waals surface area contributed by atoms with E-state index >= 15 is 0 Å². The van der Waals surface area contributed by atoms with Crippen LogP contribution in [0.2, 0.25) is 0 Å². The van der Waals surface area contributed by atoms with Crippen LogP contribution in [0.3, 0.4) is 0 Å². The zero-order valence-electron chi connectivity index (χ0n) is 11.8. The molecule has 0 amide bonds. The molecule has 0 saturated carbocycles. The molecule has 24 heavy (non-hydrogen) atoms. The molecule has 0 atom stereocenters. The molecule has 126 valence electrons. The van der Waals surface area contributed by atoms with E-state index in [9.17, 15) is 24.4 Å². The van der Waals surface area contributed by atoms with Crippen LogP contribution in [-0.4, -0.2) is 22.2 Å². The fourth-order valence-electron chi connectivity index (χ4n) is 1.64. The Morgan fingerprint density at radius 2 is 1.21 bits per heavy atom. The third-order valence-corrected chi connectivity index (χ3v) is 4.18. The quantitative estimate of drug-likeness (QED) is 0.766. The monoisotopic (exact) mass is 372 g/mol. The second-order valence-corrected chi connectivity index (χ2v) is 6.12. The minimum Gasteiger partial charge on any atom is -0.507 e. The van der Waals surface area contributed by atoms with Gasteiger partial charge >= 0.3 is 19.8 Å². The Hall–Kier alpha value is -2.54. The average Bonchev–Trinajstić information content (AvgIpc) is 2.55. The van der Waals surface area contributed by atoms with Gasteiger partial charge in [-0.3, -0.25) is 0 Å². The number of aromatic hydroxyl groups is 2. The first kappa shape index (κ1) is 17.8. The van der Waals surface area contributed by atoms with Crippen molar-refractivity contribution in [3.63, 3.8) is 0 Å². The minimum absolute atomic E-state index is 0.343.